The number of fused-ring (bicyclic) bond motifs is 1. The quantitative estimate of drug-likeness (QED) is 0.687. The van der Waals surface area contributed by atoms with E-state index in [4.69, 9.17) is 0 Å². The van der Waals surface area contributed by atoms with E-state index in [0.717, 1.165) is 33.4 Å². The van der Waals surface area contributed by atoms with Crippen LogP contribution in [0.25, 0.3) is 10.8 Å². The second-order valence-electron chi connectivity index (χ2n) is 5.30. The van der Waals surface area contributed by atoms with Gasteiger partial charge in [-0.1, -0.05) is 42.5 Å². The van der Waals surface area contributed by atoms with E-state index in [0.29, 0.717) is 6.54 Å². The van der Waals surface area contributed by atoms with Gasteiger partial charge in [-0.3, -0.25) is 4.79 Å². The fraction of sp³-hybridized carbons (Fsp3) is 0.176. The Balaban J connectivity index is 2.06. The van der Waals surface area contributed by atoms with E-state index in [9.17, 15) is 18.0 Å². The van der Waals surface area contributed by atoms with Crippen molar-refractivity contribution >= 4 is 28.0 Å². The molecule has 124 valence electrons. The molecule has 0 aliphatic rings. The van der Waals surface area contributed by atoms with Crippen LogP contribution >= 0.6 is 11.3 Å². The summed E-state index contributed by atoms with van der Waals surface area (Å²) in [6.45, 7) is 2.12. The predicted octanol–water partition coefficient (Wildman–Crippen LogP) is 4.05. The van der Waals surface area contributed by atoms with Gasteiger partial charge in [0.15, 0.2) is 4.80 Å². The van der Waals surface area contributed by atoms with Crippen LogP contribution in [-0.4, -0.2) is 16.7 Å². The lowest BCUT2D eigenvalue weighted by atomic mass is 10.0. The van der Waals surface area contributed by atoms with Crippen molar-refractivity contribution in [3.05, 3.63) is 63.9 Å². The second kappa shape index (κ2) is 6.24. The maximum absolute atomic E-state index is 12.5. The molecule has 2 aromatic carbocycles. The van der Waals surface area contributed by atoms with E-state index >= 15 is 0 Å². The third-order valence-corrected chi connectivity index (χ3v) is 4.62. The van der Waals surface area contributed by atoms with E-state index in [1.54, 1.807) is 16.9 Å². The lowest BCUT2D eigenvalue weighted by molar-refractivity contribution is -0.169. The van der Waals surface area contributed by atoms with Gasteiger partial charge in [-0.2, -0.15) is 18.2 Å². The Morgan fingerprint density at radius 2 is 1.88 bits per heavy atom. The molecule has 0 aliphatic heterocycles. The molecule has 0 radical (unpaired) electrons. The van der Waals surface area contributed by atoms with E-state index < -0.39 is 12.1 Å². The standard InChI is InChI=1S/C17H13F3N2OS/c1-11-10-24-16(21-15(23)17(18,19)20)22(11)9-13-7-4-6-12-5-2-3-8-14(12)13/h2-8,10H,9H2,1H3. The number of aromatic nitrogens is 1. The molecular formula is C17H13F3N2OS. The van der Waals surface area contributed by atoms with Crippen molar-refractivity contribution in [3.8, 4) is 0 Å². The number of rotatable bonds is 2. The molecule has 3 rings (SSSR count). The fourth-order valence-corrected chi connectivity index (χ4v) is 3.32. The minimum atomic E-state index is -4.96. The van der Waals surface area contributed by atoms with Gasteiger partial charge in [0.25, 0.3) is 0 Å². The number of aryl methyl sites for hydroxylation is 1. The third-order valence-electron chi connectivity index (χ3n) is 3.64. The van der Waals surface area contributed by atoms with Crippen LogP contribution in [0.1, 0.15) is 11.3 Å². The molecule has 0 saturated heterocycles. The molecule has 3 aromatic rings. The van der Waals surface area contributed by atoms with Crippen molar-refractivity contribution < 1.29 is 18.0 Å². The minimum absolute atomic E-state index is 0.0442. The SMILES string of the molecule is Cc1csc(=NC(=O)C(F)(F)F)n1Cc1cccc2ccccc12. The highest BCUT2D eigenvalue weighted by molar-refractivity contribution is 7.07. The topological polar surface area (TPSA) is 34.4 Å². The van der Waals surface area contributed by atoms with Crippen LogP contribution in [0.3, 0.4) is 0 Å². The molecule has 0 saturated carbocycles. The van der Waals surface area contributed by atoms with Crippen LogP contribution in [0.4, 0.5) is 13.2 Å². The highest BCUT2D eigenvalue weighted by Crippen LogP contribution is 2.20. The molecule has 0 bridgehead atoms. The molecule has 0 aliphatic carbocycles. The molecule has 0 unspecified atom stereocenters. The van der Waals surface area contributed by atoms with Crippen molar-refractivity contribution in [1.29, 1.82) is 0 Å². The Labute approximate surface area is 139 Å². The Morgan fingerprint density at radius 1 is 1.17 bits per heavy atom. The maximum Gasteiger partial charge on any atom is 0.473 e. The minimum Gasteiger partial charge on any atom is -0.317 e. The van der Waals surface area contributed by atoms with E-state index in [1.165, 1.54) is 0 Å². The first-order valence-corrected chi connectivity index (χ1v) is 8.01. The summed E-state index contributed by atoms with van der Waals surface area (Å²) in [5.74, 6) is -2.09. The van der Waals surface area contributed by atoms with Gasteiger partial charge in [-0.15, -0.1) is 11.3 Å². The Kier molecular flexibility index (Phi) is 4.28. The summed E-state index contributed by atoms with van der Waals surface area (Å²) in [6.07, 6.45) is -4.96. The number of carbonyl (C=O) groups excluding carboxylic acids is 1. The molecule has 7 heteroatoms. The van der Waals surface area contributed by atoms with Gasteiger partial charge in [-0.25, -0.2) is 0 Å². The van der Waals surface area contributed by atoms with Gasteiger partial charge in [-0.05, 0) is 23.3 Å². The van der Waals surface area contributed by atoms with E-state index in [2.05, 4.69) is 4.99 Å². The van der Waals surface area contributed by atoms with Crippen LogP contribution < -0.4 is 4.80 Å². The second-order valence-corrected chi connectivity index (χ2v) is 6.14. The van der Waals surface area contributed by atoms with E-state index in [1.807, 2.05) is 42.5 Å². The molecule has 3 nitrogen and oxygen atoms in total. The fourth-order valence-electron chi connectivity index (χ4n) is 2.45. The lowest BCUT2D eigenvalue weighted by Gasteiger charge is -2.09. The first-order chi connectivity index (χ1) is 11.4. The molecule has 24 heavy (non-hydrogen) atoms. The summed E-state index contributed by atoms with van der Waals surface area (Å²) < 4.78 is 39.0. The van der Waals surface area contributed by atoms with Crippen molar-refractivity contribution in [2.24, 2.45) is 4.99 Å². The molecule has 1 heterocycles. The molecule has 1 aromatic heterocycles. The zero-order valence-corrected chi connectivity index (χ0v) is 13.5. The number of carbonyl (C=O) groups is 1. The van der Waals surface area contributed by atoms with E-state index in [-0.39, 0.29) is 4.80 Å². The summed E-state index contributed by atoms with van der Waals surface area (Å²) in [5, 5.41) is 3.76. The summed E-state index contributed by atoms with van der Waals surface area (Å²) >= 11 is 1.02. The summed E-state index contributed by atoms with van der Waals surface area (Å²) in [5.41, 5.74) is 1.71. The van der Waals surface area contributed by atoms with Gasteiger partial charge in [0.1, 0.15) is 0 Å². The number of hydrogen-bond donors (Lipinski definition) is 0. The van der Waals surface area contributed by atoms with Gasteiger partial charge in [0.05, 0.1) is 6.54 Å². The Bertz CT molecular complexity index is 964. The largest absolute Gasteiger partial charge is 0.473 e. The van der Waals surface area contributed by atoms with Crippen LogP contribution in [-0.2, 0) is 11.3 Å². The van der Waals surface area contributed by atoms with Crippen LogP contribution in [0.2, 0.25) is 0 Å². The van der Waals surface area contributed by atoms with Crippen molar-refractivity contribution in [3.63, 3.8) is 0 Å². The Morgan fingerprint density at radius 3 is 2.62 bits per heavy atom. The number of hydrogen-bond acceptors (Lipinski definition) is 2. The molecule has 1 amide bonds. The number of thiazole rings is 1. The van der Waals surface area contributed by atoms with Gasteiger partial charge in [0, 0.05) is 11.1 Å². The molecule has 0 spiro atoms. The van der Waals surface area contributed by atoms with Crippen molar-refractivity contribution in [2.75, 3.05) is 0 Å². The van der Waals surface area contributed by atoms with Gasteiger partial charge >= 0.3 is 12.1 Å². The lowest BCUT2D eigenvalue weighted by Crippen LogP contribution is -2.26. The first kappa shape index (κ1) is 16.4. The zero-order valence-electron chi connectivity index (χ0n) is 12.7. The number of benzene rings is 2. The normalized spacial score (nSPS) is 12.8. The van der Waals surface area contributed by atoms with Gasteiger partial charge in [0.2, 0.25) is 0 Å². The number of halogens is 3. The number of nitrogens with zero attached hydrogens (tertiary/aromatic N) is 2. The molecule has 0 fully saturated rings. The van der Waals surface area contributed by atoms with Crippen LogP contribution in [0.15, 0.2) is 52.8 Å². The number of amides is 1. The van der Waals surface area contributed by atoms with Gasteiger partial charge < -0.3 is 4.57 Å². The molecular weight excluding hydrogens is 337 g/mol. The first-order valence-electron chi connectivity index (χ1n) is 7.14. The molecule has 0 atom stereocenters. The number of alkyl halides is 3. The van der Waals surface area contributed by atoms with Crippen molar-refractivity contribution in [2.45, 2.75) is 19.6 Å². The highest BCUT2D eigenvalue weighted by atomic mass is 32.1. The van der Waals surface area contributed by atoms with Crippen molar-refractivity contribution in [1.82, 2.24) is 4.57 Å². The average Bonchev–Trinajstić information content (AvgIpc) is 2.87. The maximum atomic E-state index is 12.5. The zero-order chi connectivity index (χ0) is 17.3. The van der Waals surface area contributed by atoms with Crippen LogP contribution in [0, 0.1) is 6.92 Å². The smallest absolute Gasteiger partial charge is 0.317 e. The molecule has 0 N–H and O–H groups in total. The highest BCUT2D eigenvalue weighted by Gasteiger charge is 2.38. The predicted molar refractivity (Wildman–Crippen MR) is 86.7 cm³/mol. The average molecular weight is 350 g/mol. The summed E-state index contributed by atoms with van der Waals surface area (Å²) in [4.78, 5) is 14.5. The summed E-state index contributed by atoms with van der Waals surface area (Å²) in [6, 6.07) is 13.6. The van der Waals surface area contributed by atoms with Crippen LogP contribution in [0.5, 0.6) is 0 Å². The third kappa shape index (κ3) is 3.26. The monoisotopic (exact) mass is 350 g/mol. The summed E-state index contributed by atoms with van der Waals surface area (Å²) in [7, 11) is 0. The Hall–Kier alpha value is -2.41.